The molecule has 0 bridgehead atoms. The lowest BCUT2D eigenvalue weighted by molar-refractivity contribution is 0.0959. The van der Waals surface area contributed by atoms with Crippen LogP contribution in [0.2, 0.25) is 0 Å². The maximum absolute atomic E-state index is 12.4. The molecule has 1 fully saturated rings. The highest BCUT2D eigenvalue weighted by molar-refractivity contribution is 5.96. The summed E-state index contributed by atoms with van der Waals surface area (Å²) >= 11 is 0. The molecule has 0 radical (unpaired) electrons. The zero-order valence-electron chi connectivity index (χ0n) is 15.2. The van der Waals surface area contributed by atoms with Crippen molar-refractivity contribution in [3.05, 3.63) is 59.7 Å². The molecule has 4 heteroatoms. The first-order valence-corrected chi connectivity index (χ1v) is 9.34. The van der Waals surface area contributed by atoms with E-state index in [1.165, 1.54) is 5.56 Å². The fourth-order valence-electron chi connectivity index (χ4n) is 4.12. The summed E-state index contributed by atoms with van der Waals surface area (Å²) in [5.74, 6) is 1.96. The zero-order chi connectivity index (χ0) is 18.0. The van der Waals surface area contributed by atoms with Gasteiger partial charge in [-0.3, -0.25) is 9.69 Å². The van der Waals surface area contributed by atoms with Gasteiger partial charge in [0, 0.05) is 37.9 Å². The highest BCUT2D eigenvalue weighted by atomic mass is 16.5. The molecule has 1 atom stereocenters. The Bertz CT molecular complexity index is 776. The Morgan fingerprint density at radius 1 is 1.23 bits per heavy atom. The molecule has 0 N–H and O–H groups in total. The zero-order valence-corrected chi connectivity index (χ0v) is 15.2. The van der Waals surface area contributed by atoms with Crippen LogP contribution in [0.4, 0.5) is 0 Å². The van der Waals surface area contributed by atoms with Crippen LogP contribution in [0.25, 0.3) is 0 Å². The van der Waals surface area contributed by atoms with Crippen molar-refractivity contribution in [2.45, 2.75) is 31.3 Å². The molecule has 2 aromatic carbocycles. The summed E-state index contributed by atoms with van der Waals surface area (Å²) < 4.78 is 11.5. The van der Waals surface area contributed by atoms with Gasteiger partial charge in [0.05, 0.1) is 7.11 Å². The van der Waals surface area contributed by atoms with Crippen LogP contribution < -0.4 is 9.47 Å². The van der Waals surface area contributed by atoms with Crippen LogP contribution in [-0.2, 0) is 6.42 Å². The van der Waals surface area contributed by atoms with E-state index in [0.29, 0.717) is 6.42 Å². The topological polar surface area (TPSA) is 38.8 Å². The van der Waals surface area contributed by atoms with Gasteiger partial charge < -0.3 is 9.47 Å². The lowest BCUT2D eigenvalue weighted by Gasteiger charge is -2.24. The van der Waals surface area contributed by atoms with E-state index in [1.807, 2.05) is 30.3 Å². The standard InChI is InChI=1S/C22H25NO3/c1-25-19-8-4-7-17(14-19)20(24)9-5-12-23-13-11-22(16-23)15-18-6-2-3-10-21(18)26-22/h2-4,6-8,10,14H,5,9,11-13,15-16H2,1H3. The molecule has 26 heavy (non-hydrogen) atoms. The van der Waals surface area contributed by atoms with E-state index in [-0.39, 0.29) is 11.4 Å². The van der Waals surface area contributed by atoms with E-state index in [1.54, 1.807) is 7.11 Å². The third-order valence-corrected chi connectivity index (χ3v) is 5.48. The lowest BCUT2D eigenvalue weighted by atomic mass is 9.96. The van der Waals surface area contributed by atoms with E-state index in [0.717, 1.165) is 56.0 Å². The van der Waals surface area contributed by atoms with Crippen LogP contribution in [0, 0.1) is 0 Å². The third kappa shape index (κ3) is 3.47. The molecule has 1 saturated heterocycles. The quantitative estimate of drug-likeness (QED) is 0.743. The summed E-state index contributed by atoms with van der Waals surface area (Å²) in [4.78, 5) is 14.8. The van der Waals surface area contributed by atoms with Crippen molar-refractivity contribution in [3.8, 4) is 11.5 Å². The number of para-hydroxylation sites is 1. The van der Waals surface area contributed by atoms with Gasteiger partial charge in [-0.1, -0.05) is 30.3 Å². The van der Waals surface area contributed by atoms with Crippen molar-refractivity contribution in [3.63, 3.8) is 0 Å². The minimum absolute atomic E-state index is 0.0551. The van der Waals surface area contributed by atoms with Gasteiger partial charge in [0.15, 0.2) is 5.78 Å². The molecule has 4 nitrogen and oxygen atoms in total. The second-order valence-electron chi connectivity index (χ2n) is 7.35. The number of Topliss-reactive ketones (excluding diaryl/α,β-unsaturated/α-hetero) is 1. The van der Waals surface area contributed by atoms with Gasteiger partial charge >= 0.3 is 0 Å². The van der Waals surface area contributed by atoms with Crippen LogP contribution >= 0.6 is 0 Å². The number of likely N-dealkylation sites (tertiary alicyclic amines) is 1. The van der Waals surface area contributed by atoms with Gasteiger partial charge in [-0.2, -0.15) is 0 Å². The first-order chi connectivity index (χ1) is 12.7. The van der Waals surface area contributed by atoms with Crippen LogP contribution in [0.1, 0.15) is 35.2 Å². The van der Waals surface area contributed by atoms with E-state index in [2.05, 4.69) is 23.1 Å². The Labute approximate surface area is 154 Å². The number of ether oxygens (including phenoxy) is 2. The van der Waals surface area contributed by atoms with Crippen molar-refractivity contribution in [1.29, 1.82) is 0 Å². The predicted molar refractivity (Wildman–Crippen MR) is 101 cm³/mol. The molecule has 1 spiro atoms. The predicted octanol–water partition coefficient (Wildman–Crippen LogP) is 3.74. The number of carbonyl (C=O) groups is 1. The molecular formula is C22H25NO3. The van der Waals surface area contributed by atoms with Gasteiger partial charge in [0.1, 0.15) is 17.1 Å². The van der Waals surface area contributed by atoms with Crippen molar-refractivity contribution < 1.29 is 14.3 Å². The Hall–Kier alpha value is -2.33. The fraction of sp³-hybridized carbons (Fsp3) is 0.409. The van der Waals surface area contributed by atoms with Crippen molar-refractivity contribution in [2.75, 3.05) is 26.7 Å². The smallest absolute Gasteiger partial charge is 0.163 e. The number of ketones is 1. The van der Waals surface area contributed by atoms with Gasteiger partial charge in [0.25, 0.3) is 0 Å². The molecular weight excluding hydrogens is 326 g/mol. The van der Waals surface area contributed by atoms with Crippen molar-refractivity contribution >= 4 is 5.78 Å². The molecule has 2 heterocycles. The summed E-state index contributed by atoms with van der Waals surface area (Å²) in [5, 5.41) is 0. The maximum Gasteiger partial charge on any atom is 0.163 e. The summed E-state index contributed by atoms with van der Waals surface area (Å²) in [7, 11) is 1.62. The molecule has 0 aromatic heterocycles. The minimum atomic E-state index is -0.0551. The number of hydrogen-bond donors (Lipinski definition) is 0. The van der Waals surface area contributed by atoms with Crippen molar-refractivity contribution in [1.82, 2.24) is 4.90 Å². The third-order valence-electron chi connectivity index (χ3n) is 5.48. The molecule has 2 aliphatic heterocycles. The lowest BCUT2D eigenvalue weighted by Crippen LogP contribution is -2.38. The molecule has 0 aliphatic carbocycles. The second-order valence-corrected chi connectivity index (χ2v) is 7.35. The Balaban J connectivity index is 1.27. The van der Waals surface area contributed by atoms with Crippen LogP contribution in [0.3, 0.4) is 0 Å². The second kappa shape index (κ2) is 7.12. The monoisotopic (exact) mass is 351 g/mol. The van der Waals surface area contributed by atoms with E-state index in [9.17, 15) is 4.79 Å². The number of carbonyl (C=O) groups excluding carboxylic acids is 1. The SMILES string of the molecule is COc1cccc(C(=O)CCCN2CCC3(Cc4ccccc4O3)C2)c1. The van der Waals surface area contributed by atoms with Crippen LogP contribution in [0.15, 0.2) is 48.5 Å². The normalized spacial score (nSPS) is 21.6. The van der Waals surface area contributed by atoms with Crippen molar-refractivity contribution in [2.24, 2.45) is 0 Å². The summed E-state index contributed by atoms with van der Waals surface area (Å²) in [6, 6.07) is 15.8. The number of methoxy groups -OCH3 is 1. The Morgan fingerprint density at radius 3 is 2.96 bits per heavy atom. The first-order valence-electron chi connectivity index (χ1n) is 9.34. The average molecular weight is 351 g/mol. The molecule has 2 aromatic rings. The van der Waals surface area contributed by atoms with E-state index in [4.69, 9.17) is 9.47 Å². The minimum Gasteiger partial charge on any atom is -0.497 e. The van der Waals surface area contributed by atoms with Gasteiger partial charge in [-0.15, -0.1) is 0 Å². The Kier molecular flexibility index (Phi) is 4.68. The molecule has 2 aliphatic rings. The van der Waals surface area contributed by atoms with Gasteiger partial charge in [-0.05, 0) is 36.7 Å². The Morgan fingerprint density at radius 2 is 2.12 bits per heavy atom. The van der Waals surface area contributed by atoms with Crippen LogP contribution in [-0.4, -0.2) is 43.0 Å². The maximum atomic E-state index is 12.4. The number of benzene rings is 2. The molecule has 0 amide bonds. The first kappa shape index (κ1) is 17.1. The highest BCUT2D eigenvalue weighted by Crippen LogP contribution is 2.40. The van der Waals surface area contributed by atoms with Gasteiger partial charge in [-0.25, -0.2) is 0 Å². The molecule has 136 valence electrons. The number of hydrogen-bond acceptors (Lipinski definition) is 4. The summed E-state index contributed by atoms with van der Waals surface area (Å²) in [5.41, 5.74) is 2.00. The molecule has 1 unspecified atom stereocenters. The number of nitrogens with zero attached hydrogens (tertiary/aromatic N) is 1. The number of rotatable bonds is 6. The van der Waals surface area contributed by atoms with Gasteiger partial charge in [0.2, 0.25) is 0 Å². The molecule has 0 saturated carbocycles. The fourth-order valence-corrected chi connectivity index (χ4v) is 4.12. The van der Waals surface area contributed by atoms with E-state index >= 15 is 0 Å². The summed E-state index contributed by atoms with van der Waals surface area (Å²) in [6.07, 6.45) is 3.50. The average Bonchev–Trinajstić information content (AvgIpc) is 3.24. The van der Waals surface area contributed by atoms with E-state index < -0.39 is 0 Å². The molecule has 4 rings (SSSR count). The number of fused-ring (bicyclic) bond motifs is 1. The summed E-state index contributed by atoms with van der Waals surface area (Å²) in [6.45, 7) is 2.94. The van der Waals surface area contributed by atoms with Crippen LogP contribution in [0.5, 0.6) is 11.5 Å². The highest BCUT2D eigenvalue weighted by Gasteiger charge is 2.44. The largest absolute Gasteiger partial charge is 0.497 e.